The fraction of sp³-hybridized carbons (Fsp3) is 0.429. The average Bonchev–Trinajstić information content (AvgIpc) is 2.66. The molecule has 2 unspecified atom stereocenters. The smallest absolute Gasteiger partial charge is 0.391 e. The second-order valence-corrected chi connectivity index (χ2v) is 7.33. The second kappa shape index (κ2) is 8.20. The molecule has 1 aliphatic rings. The Bertz CT molecular complexity index is 860. The predicted molar refractivity (Wildman–Crippen MR) is 98.6 cm³/mol. The maximum absolute atomic E-state index is 13.0. The van der Waals surface area contributed by atoms with E-state index in [1.165, 1.54) is 0 Å². The van der Waals surface area contributed by atoms with Gasteiger partial charge in [-0.25, -0.2) is 0 Å². The van der Waals surface area contributed by atoms with E-state index in [0.717, 1.165) is 10.8 Å². The van der Waals surface area contributed by atoms with Crippen LogP contribution in [-0.2, 0) is 9.59 Å². The van der Waals surface area contributed by atoms with Crippen molar-refractivity contribution in [2.45, 2.75) is 44.3 Å². The summed E-state index contributed by atoms with van der Waals surface area (Å²) in [7, 11) is 0. The van der Waals surface area contributed by atoms with Gasteiger partial charge in [0.05, 0.1) is 18.4 Å². The zero-order chi connectivity index (χ0) is 20.3. The average molecular weight is 393 g/mol. The summed E-state index contributed by atoms with van der Waals surface area (Å²) in [5, 5.41) is 13.7. The normalized spacial score (nSPS) is 21.2. The molecule has 0 bridgehead atoms. The number of alkyl halides is 3. The molecule has 3 rings (SSSR count). The largest absolute Gasteiger partial charge is 0.481 e. The molecule has 1 fully saturated rings. The molecule has 1 amide bonds. The lowest BCUT2D eigenvalue weighted by atomic mass is 9.80. The van der Waals surface area contributed by atoms with Crippen LogP contribution in [0.3, 0.4) is 0 Å². The quantitative estimate of drug-likeness (QED) is 0.764. The number of rotatable bonds is 5. The van der Waals surface area contributed by atoms with Crippen LogP contribution in [0, 0.1) is 11.8 Å². The fourth-order valence-electron chi connectivity index (χ4n) is 3.98. The minimum absolute atomic E-state index is 0.0369. The number of carbonyl (C=O) groups excluding carboxylic acids is 1. The summed E-state index contributed by atoms with van der Waals surface area (Å²) in [6.07, 6.45) is -4.14. The summed E-state index contributed by atoms with van der Waals surface area (Å²) in [5.41, 5.74) is 0.650. The Labute approximate surface area is 160 Å². The van der Waals surface area contributed by atoms with E-state index in [0.29, 0.717) is 18.4 Å². The molecule has 2 aromatic carbocycles. The van der Waals surface area contributed by atoms with E-state index in [2.05, 4.69) is 5.32 Å². The van der Waals surface area contributed by atoms with Gasteiger partial charge in [-0.05, 0) is 35.6 Å². The number of halogens is 3. The van der Waals surface area contributed by atoms with Crippen molar-refractivity contribution in [3.8, 4) is 0 Å². The summed E-state index contributed by atoms with van der Waals surface area (Å²) in [6.45, 7) is 0. The number of fused-ring (bicyclic) bond motifs is 1. The molecule has 0 aliphatic heterocycles. The molecule has 1 saturated carbocycles. The third-order valence-electron chi connectivity index (χ3n) is 5.40. The van der Waals surface area contributed by atoms with Gasteiger partial charge in [0, 0.05) is 5.92 Å². The van der Waals surface area contributed by atoms with Gasteiger partial charge in [0.25, 0.3) is 0 Å². The standard InChI is InChI=1S/C21H22F3NO3/c22-21(23,24)15-8-3-7-14(11-15)20(28)25-18(12-19(26)27)17-10-4-6-13-5-1-2-9-16(13)17/h1-2,4-6,9-10,14-15,18H,3,7-8,11-12H2,(H,25,28)(H,26,27)/t14?,15?,18-/m1/s1. The van der Waals surface area contributed by atoms with Gasteiger partial charge in [-0.3, -0.25) is 9.59 Å². The molecule has 3 atom stereocenters. The van der Waals surface area contributed by atoms with Crippen molar-refractivity contribution in [1.29, 1.82) is 0 Å². The molecule has 2 aromatic rings. The maximum Gasteiger partial charge on any atom is 0.391 e. The number of amides is 1. The predicted octanol–water partition coefficient (Wildman–Crippen LogP) is 4.84. The number of carboxylic acids is 1. The van der Waals surface area contributed by atoms with E-state index >= 15 is 0 Å². The van der Waals surface area contributed by atoms with Crippen LogP contribution < -0.4 is 5.32 Å². The number of hydrogen-bond donors (Lipinski definition) is 2. The first-order valence-electron chi connectivity index (χ1n) is 9.32. The van der Waals surface area contributed by atoms with E-state index in [4.69, 9.17) is 0 Å². The van der Waals surface area contributed by atoms with E-state index < -0.39 is 35.9 Å². The lowest BCUT2D eigenvalue weighted by molar-refractivity contribution is -0.186. The summed E-state index contributed by atoms with van der Waals surface area (Å²) < 4.78 is 39.1. The molecule has 0 aromatic heterocycles. The van der Waals surface area contributed by atoms with Crippen LogP contribution in [0.2, 0.25) is 0 Å². The molecule has 150 valence electrons. The fourth-order valence-corrected chi connectivity index (χ4v) is 3.98. The minimum atomic E-state index is -4.31. The zero-order valence-corrected chi connectivity index (χ0v) is 15.2. The summed E-state index contributed by atoms with van der Waals surface area (Å²) in [5.74, 6) is -3.83. The van der Waals surface area contributed by atoms with E-state index in [1.807, 2.05) is 30.3 Å². The lowest BCUT2D eigenvalue weighted by Gasteiger charge is -2.31. The number of carboxylic acid groups (broad SMARTS) is 1. The number of carbonyl (C=O) groups is 2. The molecule has 4 nitrogen and oxygen atoms in total. The number of nitrogens with one attached hydrogen (secondary N) is 1. The van der Waals surface area contributed by atoms with Crippen molar-refractivity contribution in [3.05, 3.63) is 48.0 Å². The SMILES string of the molecule is O=C(O)C[C@@H](NC(=O)C1CCCC(C(F)(F)F)C1)c1cccc2ccccc12. The Morgan fingerprint density at radius 3 is 2.54 bits per heavy atom. The molecule has 1 aliphatic carbocycles. The van der Waals surface area contributed by atoms with Crippen molar-refractivity contribution in [2.24, 2.45) is 11.8 Å². The molecular weight excluding hydrogens is 371 g/mol. The van der Waals surface area contributed by atoms with Crippen molar-refractivity contribution in [3.63, 3.8) is 0 Å². The van der Waals surface area contributed by atoms with Crippen LogP contribution in [0.1, 0.15) is 43.7 Å². The minimum Gasteiger partial charge on any atom is -0.481 e. The van der Waals surface area contributed by atoms with Crippen molar-refractivity contribution >= 4 is 22.6 Å². The first-order valence-corrected chi connectivity index (χ1v) is 9.32. The monoisotopic (exact) mass is 393 g/mol. The van der Waals surface area contributed by atoms with Crippen LogP contribution in [0.4, 0.5) is 13.2 Å². The summed E-state index contributed by atoms with van der Waals surface area (Å²) in [4.78, 5) is 24.1. The van der Waals surface area contributed by atoms with Crippen molar-refractivity contribution in [2.75, 3.05) is 0 Å². The number of benzene rings is 2. The number of hydrogen-bond acceptors (Lipinski definition) is 2. The van der Waals surface area contributed by atoms with Gasteiger partial charge in [0.2, 0.25) is 5.91 Å². The molecule has 0 radical (unpaired) electrons. The molecule has 0 heterocycles. The molecular formula is C21H22F3NO3. The second-order valence-electron chi connectivity index (χ2n) is 7.33. The highest BCUT2D eigenvalue weighted by Crippen LogP contribution is 2.40. The summed E-state index contributed by atoms with van der Waals surface area (Å²) in [6, 6.07) is 12.0. The third-order valence-corrected chi connectivity index (χ3v) is 5.40. The third kappa shape index (κ3) is 4.64. The highest BCUT2D eigenvalue weighted by atomic mass is 19.4. The molecule has 7 heteroatoms. The Morgan fingerprint density at radius 2 is 1.82 bits per heavy atom. The van der Waals surface area contributed by atoms with Crippen LogP contribution in [0.25, 0.3) is 10.8 Å². The first-order chi connectivity index (χ1) is 13.3. The Hall–Kier alpha value is -2.57. The maximum atomic E-state index is 13.0. The highest BCUT2D eigenvalue weighted by Gasteiger charge is 2.43. The number of aliphatic carboxylic acids is 1. The van der Waals surface area contributed by atoms with Gasteiger partial charge < -0.3 is 10.4 Å². The van der Waals surface area contributed by atoms with Gasteiger partial charge in [-0.1, -0.05) is 48.9 Å². The van der Waals surface area contributed by atoms with Crippen molar-refractivity contribution in [1.82, 2.24) is 5.32 Å². The first kappa shape index (κ1) is 20.2. The van der Waals surface area contributed by atoms with Crippen LogP contribution >= 0.6 is 0 Å². The van der Waals surface area contributed by atoms with Gasteiger partial charge in [0.1, 0.15) is 0 Å². The van der Waals surface area contributed by atoms with E-state index in [-0.39, 0.29) is 19.3 Å². The Morgan fingerprint density at radius 1 is 1.11 bits per heavy atom. The Kier molecular flexibility index (Phi) is 5.91. The Balaban J connectivity index is 1.83. The van der Waals surface area contributed by atoms with E-state index in [1.54, 1.807) is 12.1 Å². The van der Waals surface area contributed by atoms with Crippen LogP contribution in [-0.4, -0.2) is 23.2 Å². The van der Waals surface area contributed by atoms with Gasteiger partial charge in [0.15, 0.2) is 0 Å². The zero-order valence-electron chi connectivity index (χ0n) is 15.2. The van der Waals surface area contributed by atoms with E-state index in [9.17, 15) is 27.9 Å². The molecule has 2 N–H and O–H groups in total. The topological polar surface area (TPSA) is 66.4 Å². The molecule has 28 heavy (non-hydrogen) atoms. The van der Waals surface area contributed by atoms with Gasteiger partial charge >= 0.3 is 12.1 Å². The van der Waals surface area contributed by atoms with Gasteiger partial charge in [-0.2, -0.15) is 13.2 Å². The summed E-state index contributed by atoms with van der Waals surface area (Å²) >= 11 is 0. The van der Waals surface area contributed by atoms with Crippen molar-refractivity contribution < 1.29 is 27.9 Å². The van der Waals surface area contributed by atoms with Crippen LogP contribution in [0.15, 0.2) is 42.5 Å². The highest BCUT2D eigenvalue weighted by molar-refractivity contribution is 5.88. The van der Waals surface area contributed by atoms with Gasteiger partial charge in [-0.15, -0.1) is 0 Å². The lowest BCUT2D eigenvalue weighted by Crippen LogP contribution is -2.39. The molecule has 0 saturated heterocycles. The van der Waals surface area contributed by atoms with Crippen LogP contribution in [0.5, 0.6) is 0 Å². The molecule has 0 spiro atoms.